The molecule has 1 unspecified atom stereocenters. The Morgan fingerprint density at radius 3 is 2.72 bits per heavy atom. The Bertz CT molecular complexity index is 427. The molecule has 0 amide bonds. The Labute approximate surface area is 109 Å². The highest BCUT2D eigenvalue weighted by Crippen LogP contribution is 2.34. The molecule has 0 saturated carbocycles. The summed E-state index contributed by atoms with van der Waals surface area (Å²) in [6, 6.07) is 7.32. The van der Waals surface area contributed by atoms with Crippen LogP contribution in [0.3, 0.4) is 0 Å². The lowest BCUT2D eigenvalue weighted by Gasteiger charge is -2.37. The number of hydrogen-bond donors (Lipinski definition) is 0. The van der Waals surface area contributed by atoms with Crippen LogP contribution in [0.2, 0.25) is 0 Å². The second kappa shape index (κ2) is 4.90. The van der Waals surface area contributed by atoms with Gasteiger partial charge >= 0.3 is 0 Å². The van der Waals surface area contributed by atoms with E-state index in [0.717, 1.165) is 32.8 Å². The van der Waals surface area contributed by atoms with Crippen molar-refractivity contribution in [2.24, 2.45) is 0 Å². The SMILES string of the molecule is CC1c2cccc(N3CCOCC3)c2CCN1C. The molecule has 98 valence electrons. The lowest BCUT2D eigenvalue weighted by molar-refractivity contribution is 0.122. The highest BCUT2D eigenvalue weighted by molar-refractivity contribution is 5.58. The largest absolute Gasteiger partial charge is 0.378 e. The van der Waals surface area contributed by atoms with E-state index in [0.29, 0.717) is 6.04 Å². The fourth-order valence-electron chi connectivity index (χ4n) is 3.08. The lowest BCUT2D eigenvalue weighted by atomic mass is 9.92. The number of hydrogen-bond acceptors (Lipinski definition) is 3. The van der Waals surface area contributed by atoms with E-state index >= 15 is 0 Å². The van der Waals surface area contributed by atoms with Crippen molar-refractivity contribution in [3.05, 3.63) is 29.3 Å². The topological polar surface area (TPSA) is 15.7 Å². The smallest absolute Gasteiger partial charge is 0.0642 e. The van der Waals surface area contributed by atoms with Crippen LogP contribution in [0.1, 0.15) is 24.1 Å². The van der Waals surface area contributed by atoms with Gasteiger partial charge in [-0.05, 0) is 37.6 Å². The van der Waals surface area contributed by atoms with Crippen molar-refractivity contribution >= 4 is 5.69 Å². The second-order valence-corrected chi connectivity index (χ2v) is 5.35. The molecule has 0 N–H and O–H groups in total. The van der Waals surface area contributed by atoms with E-state index in [4.69, 9.17) is 4.74 Å². The van der Waals surface area contributed by atoms with E-state index in [1.807, 2.05) is 0 Å². The Morgan fingerprint density at radius 1 is 1.17 bits per heavy atom. The van der Waals surface area contributed by atoms with Crippen molar-refractivity contribution in [1.82, 2.24) is 4.90 Å². The van der Waals surface area contributed by atoms with E-state index < -0.39 is 0 Å². The summed E-state index contributed by atoms with van der Waals surface area (Å²) in [4.78, 5) is 4.92. The first kappa shape index (κ1) is 12.0. The number of ether oxygens (including phenoxy) is 1. The molecule has 3 heteroatoms. The van der Waals surface area contributed by atoms with E-state index in [1.165, 1.54) is 17.7 Å². The number of anilines is 1. The maximum atomic E-state index is 5.45. The Hall–Kier alpha value is -1.06. The van der Waals surface area contributed by atoms with Crippen LogP contribution >= 0.6 is 0 Å². The van der Waals surface area contributed by atoms with Crippen LogP contribution in [0.15, 0.2) is 18.2 Å². The van der Waals surface area contributed by atoms with Gasteiger partial charge in [0.05, 0.1) is 13.2 Å². The van der Waals surface area contributed by atoms with Crippen LogP contribution in [0.5, 0.6) is 0 Å². The summed E-state index contributed by atoms with van der Waals surface area (Å²) >= 11 is 0. The van der Waals surface area contributed by atoms with Crippen LogP contribution in [-0.4, -0.2) is 44.8 Å². The summed E-state index contributed by atoms with van der Waals surface area (Å²) < 4.78 is 5.45. The van der Waals surface area contributed by atoms with Crippen LogP contribution in [0, 0.1) is 0 Å². The fourth-order valence-corrected chi connectivity index (χ4v) is 3.08. The molecule has 1 atom stereocenters. The number of rotatable bonds is 1. The number of morpholine rings is 1. The van der Waals surface area contributed by atoms with E-state index in [1.54, 1.807) is 5.56 Å². The van der Waals surface area contributed by atoms with Gasteiger partial charge in [0.15, 0.2) is 0 Å². The highest BCUT2D eigenvalue weighted by atomic mass is 16.5. The molecular weight excluding hydrogens is 224 g/mol. The molecule has 2 aliphatic heterocycles. The average molecular weight is 246 g/mol. The summed E-state index contributed by atoms with van der Waals surface area (Å²) in [5, 5.41) is 0. The van der Waals surface area contributed by atoms with Gasteiger partial charge in [0.2, 0.25) is 0 Å². The van der Waals surface area contributed by atoms with Gasteiger partial charge in [0, 0.05) is 31.4 Å². The molecule has 18 heavy (non-hydrogen) atoms. The van der Waals surface area contributed by atoms with Crippen LogP contribution < -0.4 is 4.90 Å². The van der Waals surface area contributed by atoms with Crippen molar-refractivity contribution < 1.29 is 4.74 Å². The van der Waals surface area contributed by atoms with Gasteiger partial charge in [0.25, 0.3) is 0 Å². The van der Waals surface area contributed by atoms with Crippen molar-refractivity contribution in [3.63, 3.8) is 0 Å². The number of likely N-dealkylation sites (N-methyl/N-ethyl adjacent to an activating group) is 1. The van der Waals surface area contributed by atoms with Crippen LogP contribution in [0.25, 0.3) is 0 Å². The van der Waals surface area contributed by atoms with Gasteiger partial charge in [-0.15, -0.1) is 0 Å². The minimum atomic E-state index is 0.537. The third-order valence-corrected chi connectivity index (χ3v) is 4.37. The number of nitrogens with zero attached hydrogens (tertiary/aromatic N) is 2. The third kappa shape index (κ3) is 2.02. The maximum Gasteiger partial charge on any atom is 0.0642 e. The minimum absolute atomic E-state index is 0.537. The molecular formula is C15H22N2O. The predicted molar refractivity (Wildman–Crippen MR) is 74.2 cm³/mol. The number of fused-ring (bicyclic) bond motifs is 1. The van der Waals surface area contributed by atoms with Gasteiger partial charge in [-0.2, -0.15) is 0 Å². The zero-order valence-corrected chi connectivity index (χ0v) is 11.4. The minimum Gasteiger partial charge on any atom is -0.378 e. The predicted octanol–water partition coefficient (Wildman–Crippen LogP) is 2.07. The first-order chi connectivity index (χ1) is 8.77. The first-order valence-corrected chi connectivity index (χ1v) is 6.92. The quantitative estimate of drug-likeness (QED) is 0.754. The summed E-state index contributed by atoms with van der Waals surface area (Å²) in [7, 11) is 2.22. The van der Waals surface area contributed by atoms with Crippen LogP contribution in [0.4, 0.5) is 5.69 Å². The first-order valence-electron chi connectivity index (χ1n) is 6.92. The van der Waals surface area contributed by atoms with E-state index in [2.05, 4.69) is 42.0 Å². The van der Waals surface area contributed by atoms with Crippen molar-refractivity contribution in [3.8, 4) is 0 Å². The molecule has 1 aromatic carbocycles. The fraction of sp³-hybridized carbons (Fsp3) is 0.600. The summed E-state index contributed by atoms with van der Waals surface area (Å²) in [6.07, 6.45) is 1.17. The molecule has 2 heterocycles. The molecule has 0 bridgehead atoms. The Kier molecular flexibility index (Phi) is 3.27. The number of benzene rings is 1. The van der Waals surface area contributed by atoms with Crippen LogP contribution in [-0.2, 0) is 11.2 Å². The summed E-state index contributed by atoms with van der Waals surface area (Å²) in [5.41, 5.74) is 4.51. The molecule has 2 aliphatic rings. The zero-order valence-electron chi connectivity index (χ0n) is 11.4. The standard InChI is InChI=1S/C15H22N2O/c1-12-13-4-3-5-15(14(13)6-7-16(12)2)17-8-10-18-11-9-17/h3-5,12H,6-11H2,1-2H3. The highest BCUT2D eigenvalue weighted by Gasteiger charge is 2.24. The molecule has 0 aromatic heterocycles. The molecule has 3 nitrogen and oxygen atoms in total. The van der Waals surface area contributed by atoms with Gasteiger partial charge in [-0.1, -0.05) is 12.1 Å². The zero-order chi connectivity index (χ0) is 12.5. The summed E-state index contributed by atoms with van der Waals surface area (Å²) in [5.74, 6) is 0. The molecule has 0 spiro atoms. The third-order valence-electron chi connectivity index (χ3n) is 4.37. The maximum absolute atomic E-state index is 5.45. The van der Waals surface area contributed by atoms with Gasteiger partial charge in [-0.25, -0.2) is 0 Å². The van der Waals surface area contributed by atoms with E-state index in [9.17, 15) is 0 Å². The summed E-state index contributed by atoms with van der Waals surface area (Å²) in [6.45, 7) is 7.25. The Morgan fingerprint density at radius 2 is 1.94 bits per heavy atom. The van der Waals surface area contributed by atoms with Gasteiger partial charge in [-0.3, -0.25) is 4.90 Å². The normalized spacial score (nSPS) is 25.0. The van der Waals surface area contributed by atoms with Gasteiger partial charge in [0.1, 0.15) is 0 Å². The molecule has 1 fully saturated rings. The molecule has 0 aliphatic carbocycles. The van der Waals surface area contributed by atoms with Crippen molar-refractivity contribution in [2.75, 3.05) is 44.8 Å². The average Bonchev–Trinajstić information content (AvgIpc) is 2.43. The van der Waals surface area contributed by atoms with E-state index in [-0.39, 0.29) is 0 Å². The molecule has 1 aromatic rings. The second-order valence-electron chi connectivity index (χ2n) is 5.35. The van der Waals surface area contributed by atoms with Gasteiger partial charge < -0.3 is 9.64 Å². The molecule has 0 radical (unpaired) electrons. The lowest BCUT2D eigenvalue weighted by Crippen LogP contribution is -2.38. The molecule has 3 rings (SSSR count). The monoisotopic (exact) mass is 246 g/mol. The Balaban J connectivity index is 1.96. The van der Waals surface area contributed by atoms with Crippen molar-refractivity contribution in [1.29, 1.82) is 0 Å². The molecule has 1 saturated heterocycles. The van der Waals surface area contributed by atoms with Crippen molar-refractivity contribution in [2.45, 2.75) is 19.4 Å².